The second kappa shape index (κ2) is 8.36. The third-order valence-electron chi connectivity index (χ3n) is 2.47. The highest BCUT2D eigenvalue weighted by molar-refractivity contribution is 7.90. The Morgan fingerprint density at radius 3 is 2.14 bits per heavy atom. The topological polar surface area (TPSA) is 102 Å². The number of alkyl carbamates (subject to hydrolysis) is 1. The van der Waals surface area contributed by atoms with Crippen molar-refractivity contribution < 1.29 is 22.7 Å². The van der Waals surface area contributed by atoms with E-state index in [4.69, 9.17) is 4.74 Å². The maximum atomic E-state index is 12.1. The number of amides is 2. The van der Waals surface area contributed by atoms with Crippen LogP contribution in [0.3, 0.4) is 0 Å². The molecule has 130 valence electrons. The van der Waals surface area contributed by atoms with Gasteiger partial charge in [-0.25, -0.2) is 13.2 Å². The number of sulfone groups is 1. The monoisotopic (exact) mass is 336 g/mol. The van der Waals surface area contributed by atoms with E-state index in [1.165, 1.54) is 0 Å². The fourth-order valence-electron chi connectivity index (χ4n) is 1.48. The molecule has 0 aromatic carbocycles. The molecule has 0 radical (unpaired) electrons. The summed E-state index contributed by atoms with van der Waals surface area (Å²) in [5.74, 6) is -0.355. The molecule has 2 amide bonds. The van der Waals surface area contributed by atoms with Crippen molar-refractivity contribution in [3.05, 3.63) is 0 Å². The van der Waals surface area contributed by atoms with Gasteiger partial charge in [-0.15, -0.1) is 0 Å². The van der Waals surface area contributed by atoms with Crippen molar-refractivity contribution in [3.63, 3.8) is 0 Å². The Labute approximate surface area is 133 Å². The fraction of sp³-hybridized carbons (Fsp3) is 0.857. The minimum Gasteiger partial charge on any atom is -0.444 e. The molecule has 2 N–H and O–H groups in total. The Hall–Kier alpha value is -1.31. The summed E-state index contributed by atoms with van der Waals surface area (Å²) < 4.78 is 27.6. The Kier molecular flexibility index (Phi) is 7.86. The lowest BCUT2D eigenvalue weighted by molar-refractivity contribution is -0.123. The quantitative estimate of drug-likeness (QED) is 0.724. The number of carbonyl (C=O) groups is 2. The minimum atomic E-state index is -3.23. The number of nitrogens with one attached hydrogen (secondary N) is 2. The number of hydrogen-bond donors (Lipinski definition) is 2. The molecule has 0 aromatic heterocycles. The van der Waals surface area contributed by atoms with E-state index in [2.05, 4.69) is 10.6 Å². The Morgan fingerprint density at radius 1 is 1.18 bits per heavy atom. The third kappa shape index (κ3) is 11.4. The largest absolute Gasteiger partial charge is 0.444 e. The summed E-state index contributed by atoms with van der Waals surface area (Å²) in [6, 6.07) is -0.941. The molecule has 0 fully saturated rings. The first-order valence-electron chi connectivity index (χ1n) is 7.25. The average molecular weight is 336 g/mol. The summed E-state index contributed by atoms with van der Waals surface area (Å²) in [5, 5.41) is 5.11. The number of hydrogen-bond acceptors (Lipinski definition) is 5. The van der Waals surface area contributed by atoms with Crippen molar-refractivity contribution in [2.75, 3.05) is 18.6 Å². The van der Waals surface area contributed by atoms with E-state index in [0.29, 0.717) is 6.54 Å². The first kappa shape index (κ1) is 20.7. The summed E-state index contributed by atoms with van der Waals surface area (Å²) in [5.41, 5.74) is -0.695. The van der Waals surface area contributed by atoms with Gasteiger partial charge in [-0.2, -0.15) is 0 Å². The zero-order valence-corrected chi connectivity index (χ0v) is 15.0. The standard InChI is InChI=1S/C14H28N2O5S/c1-10(2)9-15-12(17)11(7-8-22(6,19)20)16-13(18)21-14(3,4)5/h10-11H,7-9H2,1-6H3,(H,15,17)(H,16,18). The van der Waals surface area contributed by atoms with E-state index in [9.17, 15) is 18.0 Å². The molecule has 0 spiro atoms. The predicted molar refractivity (Wildman–Crippen MR) is 85.3 cm³/mol. The van der Waals surface area contributed by atoms with Gasteiger partial charge in [0.25, 0.3) is 0 Å². The summed E-state index contributed by atoms with van der Waals surface area (Å²) in [6.07, 6.45) is 0.344. The van der Waals surface area contributed by atoms with Crippen LogP contribution in [0.1, 0.15) is 41.0 Å². The highest BCUT2D eigenvalue weighted by atomic mass is 32.2. The molecular weight excluding hydrogens is 308 g/mol. The van der Waals surface area contributed by atoms with Crippen molar-refractivity contribution in [1.82, 2.24) is 10.6 Å². The van der Waals surface area contributed by atoms with Gasteiger partial charge in [0, 0.05) is 12.8 Å². The molecule has 0 heterocycles. The Balaban J connectivity index is 4.77. The van der Waals surface area contributed by atoms with E-state index < -0.39 is 33.5 Å². The predicted octanol–water partition coefficient (Wildman–Crippen LogP) is 1.09. The second-order valence-corrected chi connectivity index (χ2v) is 9.02. The van der Waals surface area contributed by atoms with Crippen LogP contribution in [-0.4, -0.2) is 50.6 Å². The summed E-state index contributed by atoms with van der Waals surface area (Å²) in [7, 11) is -3.23. The van der Waals surface area contributed by atoms with E-state index in [0.717, 1.165) is 6.26 Å². The van der Waals surface area contributed by atoms with Gasteiger partial charge < -0.3 is 15.4 Å². The molecule has 0 aliphatic carbocycles. The summed E-state index contributed by atoms with van der Waals surface area (Å²) in [6.45, 7) is 9.44. The lowest BCUT2D eigenvalue weighted by Gasteiger charge is -2.23. The highest BCUT2D eigenvalue weighted by Gasteiger charge is 2.25. The normalized spacial score (nSPS) is 13.6. The molecule has 0 rings (SSSR count). The Bertz CT molecular complexity index is 480. The minimum absolute atomic E-state index is 0.00199. The molecule has 0 aromatic rings. The molecule has 1 atom stereocenters. The number of rotatable bonds is 7. The van der Waals surface area contributed by atoms with Gasteiger partial charge in [0.15, 0.2) is 0 Å². The van der Waals surface area contributed by atoms with Crippen molar-refractivity contribution in [3.8, 4) is 0 Å². The lowest BCUT2D eigenvalue weighted by atomic mass is 10.2. The van der Waals surface area contributed by atoms with Crippen molar-refractivity contribution in [1.29, 1.82) is 0 Å². The average Bonchev–Trinajstić information content (AvgIpc) is 2.27. The van der Waals surface area contributed by atoms with Gasteiger partial charge in [-0.1, -0.05) is 13.8 Å². The zero-order valence-electron chi connectivity index (χ0n) is 14.2. The molecule has 22 heavy (non-hydrogen) atoms. The highest BCUT2D eigenvalue weighted by Crippen LogP contribution is 2.07. The molecule has 0 aliphatic rings. The second-order valence-electron chi connectivity index (χ2n) is 6.76. The molecule has 0 bridgehead atoms. The van der Waals surface area contributed by atoms with Gasteiger partial charge in [0.2, 0.25) is 5.91 Å². The van der Waals surface area contributed by atoms with Crippen LogP contribution in [0.5, 0.6) is 0 Å². The molecule has 0 saturated heterocycles. The van der Waals surface area contributed by atoms with Crippen LogP contribution < -0.4 is 10.6 Å². The fourth-order valence-corrected chi connectivity index (χ4v) is 2.14. The van der Waals surface area contributed by atoms with Gasteiger partial charge in [0.1, 0.15) is 21.5 Å². The molecular formula is C14H28N2O5S. The van der Waals surface area contributed by atoms with E-state index in [1.54, 1.807) is 20.8 Å². The SMILES string of the molecule is CC(C)CNC(=O)C(CCS(C)(=O)=O)NC(=O)OC(C)(C)C. The molecule has 7 nitrogen and oxygen atoms in total. The van der Waals surface area contributed by atoms with E-state index in [1.807, 2.05) is 13.8 Å². The number of ether oxygens (including phenoxy) is 1. The van der Waals surface area contributed by atoms with Crippen LogP contribution >= 0.6 is 0 Å². The first-order chi connectivity index (χ1) is 9.80. The first-order valence-corrected chi connectivity index (χ1v) is 9.31. The van der Waals surface area contributed by atoms with Crippen LogP contribution in [0.4, 0.5) is 4.79 Å². The lowest BCUT2D eigenvalue weighted by Crippen LogP contribution is -2.49. The summed E-state index contributed by atoms with van der Waals surface area (Å²) in [4.78, 5) is 23.9. The Morgan fingerprint density at radius 2 is 1.73 bits per heavy atom. The van der Waals surface area contributed by atoms with Gasteiger partial charge in [-0.3, -0.25) is 4.79 Å². The molecule has 0 aliphatic heterocycles. The smallest absolute Gasteiger partial charge is 0.408 e. The van der Waals surface area contributed by atoms with Crippen LogP contribution in [0.25, 0.3) is 0 Å². The van der Waals surface area contributed by atoms with Crippen LogP contribution in [0, 0.1) is 5.92 Å². The molecule has 1 unspecified atom stereocenters. The van der Waals surface area contributed by atoms with E-state index >= 15 is 0 Å². The maximum absolute atomic E-state index is 12.1. The molecule has 0 saturated carbocycles. The van der Waals surface area contributed by atoms with Crippen LogP contribution in [-0.2, 0) is 19.4 Å². The van der Waals surface area contributed by atoms with Crippen LogP contribution in [0.15, 0.2) is 0 Å². The molecule has 8 heteroatoms. The van der Waals surface area contributed by atoms with Crippen LogP contribution in [0.2, 0.25) is 0 Å². The van der Waals surface area contributed by atoms with E-state index in [-0.39, 0.29) is 18.1 Å². The van der Waals surface area contributed by atoms with Crippen molar-refractivity contribution in [2.24, 2.45) is 5.92 Å². The summed E-state index contributed by atoms with van der Waals surface area (Å²) >= 11 is 0. The maximum Gasteiger partial charge on any atom is 0.408 e. The zero-order chi connectivity index (χ0) is 17.6. The third-order valence-corrected chi connectivity index (χ3v) is 3.45. The van der Waals surface area contributed by atoms with Gasteiger partial charge >= 0.3 is 6.09 Å². The van der Waals surface area contributed by atoms with Crippen molar-refractivity contribution in [2.45, 2.75) is 52.7 Å². The van der Waals surface area contributed by atoms with Gasteiger partial charge in [0.05, 0.1) is 5.75 Å². The van der Waals surface area contributed by atoms with Crippen molar-refractivity contribution >= 4 is 21.8 Å². The number of carbonyl (C=O) groups excluding carboxylic acids is 2. The van der Waals surface area contributed by atoms with Gasteiger partial charge in [-0.05, 0) is 33.1 Å².